The van der Waals surface area contributed by atoms with Crippen molar-refractivity contribution in [3.05, 3.63) is 70.7 Å². The van der Waals surface area contributed by atoms with Gasteiger partial charge in [0.1, 0.15) is 11.5 Å². The van der Waals surface area contributed by atoms with Gasteiger partial charge in [-0.25, -0.2) is 9.29 Å². The first-order valence-electron chi connectivity index (χ1n) is 10.1. The molecule has 2 aliphatic heterocycles. The van der Waals surface area contributed by atoms with Crippen LogP contribution in [0.15, 0.2) is 48.2 Å². The zero-order valence-electron chi connectivity index (χ0n) is 17.6. The van der Waals surface area contributed by atoms with Gasteiger partial charge in [0.15, 0.2) is 0 Å². The molecule has 2 unspecified atom stereocenters. The fraction of sp³-hybridized carbons (Fsp3) is 0.333. The maximum atomic E-state index is 13.6. The summed E-state index contributed by atoms with van der Waals surface area (Å²) in [7, 11) is 0. The Labute approximate surface area is 175 Å². The number of benzene rings is 2. The number of amides is 2. The maximum Gasteiger partial charge on any atom is 0.282 e. The van der Waals surface area contributed by atoms with E-state index < -0.39 is 5.82 Å². The molecule has 2 aliphatic rings. The van der Waals surface area contributed by atoms with Crippen molar-refractivity contribution in [3.8, 4) is 0 Å². The number of hydrogen-bond acceptors (Lipinski definition) is 4. The third kappa shape index (κ3) is 3.41. The lowest BCUT2D eigenvalue weighted by atomic mass is 10.0. The molecule has 2 amide bonds. The highest BCUT2D eigenvalue weighted by Crippen LogP contribution is 2.37. The predicted molar refractivity (Wildman–Crippen MR) is 113 cm³/mol. The fourth-order valence-corrected chi connectivity index (χ4v) is 4.25. The van der Waals surface area contributed by atoms with Gasteiger partial charge < -0.3 is 9.64 Å². The van der Waals surface area contributed by atoms with Crippen LogP contribution >= 0.6 is 0 Å². The number of carbonyl (C=O) groups is 2. The second kappa shape index (κ2) is 7.69. The van der Waals surface area contributed by atoms with Gasteiger partial charge in [-0.2, -0.15) is 0 Å². The summed E-state index contributed by atoms with van der Waals surface area (Å²) in [6.07, 6.45) is -0.151. The second-order valence-corrected chi connectivity index (χ2v) is 8.06. The second-order valence-electron chi connectivity index (χ2n) is 8.06. The third-order valence-electron chi connectivity index (χ3n) is 5.75. The molecule has 0 saturated carbocycles. The molecule has 0 bridgehead atoms. The number of hydrogen-bond donors (Lipinski definition) is 0. The van der Waals surface area contributed by atoms with Crippen LogP contribution < -0.4 is 4.90 Å². The molecule has 1 fully saturated rings. The molecule has 0 radical (unpaired) electrons. The summed E-state index contributed by atoms with van der Waals surface area (Å²) in [6, 6.07) is 11.3. The first kappa shape index (κ1) is 20.3. The van der Waals surface area contributed by atoms with Crippen LogP contribution in [0.25, 0.3) is 5.57 Å². The Bertz CT molecular complexity index is 1030. The normalized spacial score (nSPS) is 22.3. The Balaban J connectivity index is 1.86. The van der Waals surface area contributed by atoms with E-state index in [4.69, 9.17) is 4.74 Å². The largest absolute Gasteiger partial charge is 0.372 e. The van der Waals surface area contributed by atoms with Crippen molar-refractivity contribution in [2.75, 3.05) is 18.0 Å². The van der Waals surface area contributed by atoms with E-state index in [0.29, 0.717) is 35.6 Å². The average molecular weight is 408 g/mol. The minimum Gasteiger partial charge on any atom is -0.372 e. The van der Waals surface area contributed by atoms with Gasteiger partial charge in [0, 0.05) is 13.1 Å². The predicted octanol–water partition coefficient (Wildman–Crippen LogP) is 3.84. The summed E-state index contributed by atoms with van der Waals surface area (Å²) in [4.78, 5) is 30.4. The van der Waals surface area contributed by atoms with Crippen molar-refractivity contribution in [2.24, 2.45) is 0 Å². The first-order chi connectivity index (χ1) is 14.3. The Morgan fingerprint density at radius 2 is 1.57 bits per heavy atom. The van der Waals surface area contributed by atoms with Gasteiger partial charge in [-0.3, -0.25) is 9.59 Å². The number of aryl methyl sites for hydroxylation is 1. The number of ether oxygens (including phenoxy) is 1. The molecular formula is C24H25FN2O3. The molecule has 1 saturated heterocycles. The van der Waals surface area contributed by atoms with Gasteiger partial charge in [-0.05, 0) is 62.6 Å². The first-order valence-corrected chi connectivity index (χ1v) is 10.1. The summed E-state index contributed by atoms with van der Waals surface area (Å²) in [5.41, 5.74) is 3.65. The van der Waals surface area contributed by atoms with E-state index in [2.05, 4.69) is 0 Å². The van der Waals surface area contributed by atoms with Gasteiger partial charge >= 0.3 is 0 Å². The highest BCUT2D eigenvalue weighted by atomic mass is 19.1. The molecule has 0 spiro atoms. The molecule has 30 heavy (non-hydrogen) atoms. The fourth-order valence-electron chi connectivity index (χ4n) is 4.25. The van der Waals surface area contributed by atoms with Crippen molar-refractivity contribution in [2.45, 2.75) is 39.9 Å². The van der Waals surface area contributed by atoms with Crippen LogP contribution in [0, 0.1) is 19.7 Å². The van der Waals surface area contributed by atoms with E-state index in [-0.39, 0.29) is 24.0 Å². The summed E-state index contributed by atoms with van der Waals surface area (Å²) in [5, 5.41) is 0. The van der Waals surface area contributed by atoms with Crippen molar-refractivity contribution in [3.63, 3.8) is 0 Å². The van der Waals surface area contributed by atoms with E-state index >= 15 is 0 Å². The standard InChI is InChI=1S/C24H25FN2O3/c1-14-6-5-7-20(17(14)4)27-23(28)21(18-8-10-19(25)11-9-18)22(24(27)29)26-12-15(2)30-16(3)13-26/h5-11,15-16H,12-13H2,1-4H3. The smallest absolute Gasteiger partial charge is 0.282 e. The number of rotatable bonds is 3. The zero-order chi connectivity index (χ0) is 21.6. The van der Waals surface area contributed by atoms with Crippen molar-refractivity contribution < 1.29 is 18.7 Å². The third-order valence-corrected chi connectivity index (χ3v) is 5.75. The number of anilines is 1. The van der Waals surface area contributed by atoms with Crippen molar-refractivity contribution in [1.82, 2.24) is 4.90 Å². The van der Waals surface area contributed by atoms with Crippen LogP contribution in [0.3, 0.4) is 0 Å². The Kier molecular flexibility index (Phi) is 5.20. The van der Waals surface area contributed by atoms with E-state index in [1.807, 2.05) is 44.7 Å². The number of morpholine rings is 1. The maximum absolute atomic E-state index is 13.6. The molecule has 5 nitrogen and oxygen atoms in total. The molecule has 4 rings (SSSR count). The monoisotopic (exact) mass is 408 g/mol. The van der Waals surface area contributed by atoms with E-state index in [1.165, 1.54) is 17.0 Å². The van der Waals surface area contributed by atoms with E-state index in [9.17, 15) is 14.0 Å². The molecule has 0 aromatic heterocycles. The SMILES string of the molecule is Cc1cccc(N2C(=O)C(c3ccc(F)cc3)=C(N3CC(C)OC(C)C3)C2=O)c1C. The summed E-state index contributed by atoms with van der Waals surface area (Å²) < 4.78 is 19.4. The minimum absolute atomic E-state index is 0.0756. The molecule has 2 atom stereocenters. The molecular weight excluding hydrogens is 383 g/mol. The molecule has 0 N–H and O–H groups in total. The lowest BCUT2D eigenvalue weighted by Crippen LogP contribution is -2.47. The van der Waals surface area contributed by atoms with Gasteiger partial charge in [0.2, 0.25) is 0 Å². The molecule has 2 aromatic rings. The Hall–Kier alpha value is -2.99. The zero-order valence-corrected chi connectivity index (χ0v) is 17.6. The number of nitrogens with zero attached hydrogens (tertiary/aromatic N) is 2. The van der Waals surface area contributed by atoms with E-state index in [1.54, 1.807) is 18.2 Å². The average Bonchev–Trinajstić information content (AvgIpc) is 2.94. The lowest BCUT2D eigenvalue weighted by molar-refractivity contribution is -0.121. The van der Waals surface area contributed by atoms with Crippen LogP contribution in [-0.4, -0.2) is 42.0 Å². The topological polar surface area (TPSA) is 49.9 Å². The number of imide groups is 1. The number of halogens is 1. The van der Waals surface area contributed by atoms with Crippen molar-refractivity contribution in [1.29, 1.82) is 0 Å². The lowest BCUT2D eigenvalue weighted by Gasteiger charge is -2.37. The van der Waals surface area contributed by atoms with Gasteiger partial charge in [0.25, 0.3) is 11.8 Å². The van der Waals surface area contributed by atoms with Crippen LogP contribution in [-0.2, 0) is 14.3 Å². The van der Waals surface area contributed by atoms with Gasteiger partial charge in [-0.1, -0.05) is 24.3 Å². The van der Waals surface area contributed by atoms with Crippen LogP contribution in [0.4, 0.5) is 10.1 Å². The van der Waals surface area contributed by atoms with Gasteiger partial charge in [0.05, 0.1) is 23.5 Å². The highest BCUT2D eigenvalue weighted by molar-refractivity contribution is 6.45. The van der Waals surface area contributed by atoms with Crippen LogP contribution in [0.1, 0.15) is 30.5 Å². The van der Waals surface area contributed by atoms with Crippen LogP contribution in [0.5, 0.6) is 0 Å². The van der Waals surface area contributed by atoms with E-state index in [0.717, 1.165) is 11.1 Å². The van der Waals surface area contributed by atoms with Crippen molar-refractivity contribution >= 4 is 23.1 Å². The molecule has 0 aliphatic carbocycles. The summed E-state index contributed by atoms with van der Waals surface area (Å²) >= 11 is 0. The molecule has 156 valence electrons. The quantitative estimate of drug-likeness (QED) is 0.725. The molecule has 2 aromatic carbocycles. The summed E-state index contributed by atoms with van der Waals surface area (Å²) in [6.45, 7) is 8.76. The van der Waals surface area contributed by atoms with Gasteiger partial charge in [-0.15, -0.1) is 0 Å². The minimum atomic E-state index is -0.391. The highest BCUT2D eigenvalue weighted by Gasteiger charge is 2.44. The van der Waals surface area contributed by atoms with Crippen LogP contribution in [0.2, 0.25) is 0 Å². The molecule has 2 heterocycles. The Morgan fingerprint density at radius 1 is 0.933 bits per heavy atom. The molecule has 6 heteroatoms. The Morgan fingerprint density at radius 3 is 2.20 bits per heavy atom. The summed E-state index contributed by atoms with van der Waals surface area (Å²) in [5.74, 6) is -1.13. The number of carbonyl (C=O) groups excluding carboxylic acids is 2.